The van der Waals surface area contributed by atoms with Gasteiger partial charge in [0.25, 0.3) is 0 Å². The lowest BCUT2D eigenvalue weighted by Gasteiger charge is -2.21. The van der Waals surface area contributed by atoms with Gasteiger partial charge in [-0.2, -0.15) is 0 Å². The first kappa shape index (κ1) is 18.1. The number of aryl methyl sites for hydroxylation is 1. The average molecular weight is 392 g/mol. The fourth-order valence-electron chi connectivity index (χ4n) is 3.30. The van der Waals surface area contributed by atoms with Gasteiger partial charge in [0.1, 0.15) is 6.61 Å². The molecule has 0 atom stereocenters. The highest BCUT2D eigenvalue weighted by Crippen LogP contribution is 2.46. The number of hydrogen-bond acceptors (Lipinski definition) is 3. The van der Waals surface area contributed by atoms with Crippen molar-refractivity contribution in [3.8, 4) is 0 Å². The molecule has 2 aliphatic rings. The Labute approximate surface area is 157 Å². The van der Waals surface area contributed by atoms with Crippen molar-refractivity contribution in [1.82, 2.24) is 4.98 Å². The Hall–Kier alpha value is -0.710. The van der Waals surface area contributed by atoms with Gasteiger partial charge in [0.2, 0.25) is 3.79 Å². The summed E-state index contributed by atoms with van der Waals surface area (Å²) in [5, 5.41) is 2.91. The highest BCUT2D eigenvalue weighted by atomic mass is 35.6. The van der Waals surface area contributed by atoms with E-state index >= 15 is 0 Å². The molecule has 1 heterocycles. The number of carbonyl (C=O) groups is 1. The molecule has 1 N–H and O–H groups in total. The number of halogens is 3. The fraction of sp³-hybridized carbons (Fsp3) is 0.647. The topological polar surface area (TPSA) is 51.2 Å². The van der Waals surface area contributed by atoms with E-state index in [9.17, 15) is 4.79 Å². The largest absolute Gasteiger partial charge is 0.445 e. The van der Waals surface area contributed by atoms with E-state index in [0.29, 0.717) is 5.92 Å². The summed E-state index contributed by atoms with van der Waals surface area (Å²) >= 11 is 16.9. The van der Waals surface area contributed by atoms with Gasteiger partial charge in [0.15, 0.2) is 0 Å². The van der Waals surface area contributed by atoms with Crippen LogP contribution in [0.3, 0.4) is 0 Å². The van der Waals surface area contributed by atoms with Crippen LogP contribution in [-0.2, 0) is 17.6 Å². The third-order valence-corrected chi connectivity index (χ3v) is 4.75. The number of pyridine rings is 1. The third kappa shape index (κ3) is 4.09. The summed E-state index contributed by atoms with van der Waals surface area (Å²) < 4.78 is 3.44. The van der Waals surface area contributed by atoms with Crippen molar-refractivity contribution >= 4 is 46.6 Å². The van der Waals surface area contributed by atoms with Crippen molar-refractivity contribution in [2.75, 3.05) is 11.9 Å². The van der Waals surface area contributed by atoms with E-state index < -0.39 is 9.89 Å². The Morgan fingerprint density at radius 2 is 2.04 bits per heavy atom. The summed E-state index contributed by atoms with van der Waals surface area (Å²) in [6.07, 6.45) is 4.69. The molecule has 24 heavy (non-hydrogen) atoms. The lowest BCUT2D eigenvalue weighted by molar-refractivity contribution is 0.164. The van der Waals surface area contributed by atoms with Crippen LogP contribution >= 0.6 is 34.8 Å². The Morgan fingerprint density at radius 1 is 1.33 bits per heavy atom. The van der Waals surface area contributed by atoms with E-state index in [1.807, 2.05) is 0 Å². The summed E-state index contributed by atoms with van der Waals surface area (Å²) in [5.74, 6) is 0.786. The van der Waals surface area contributed by atoms with Crippen LogP contribution in [0.25, 0.3) is 0 Å². The van der Waals surface area contributed by atoms with E-state index in [1.165, 1.54) is 12.8 Å². The predicted molar refractivity (Wildman–Crippen MR) is 97.6 cm³/mol. The van der Waals surface area contributed by atoms with Crippen molar-refractivity contribution in [2.24, 2.45) is 0 Å². The SMILES string of the molecule is CC(C)c1c(C2CC2)nc2c(c1NC(=O)OCC(Cl)(Cl)Cl)CCC2. The molecule has 0 radical (unpaired) electrons. The van der Waals surface area contributed by atoms with Crippen molar-refractivity contribution in [1.29, 1.82) is 0 Å². The highest BCUT2D eigenvalue weighted by Gasteiger charge is 2.34. The van der Waals surface area contributed by atoms with E-state index in [4.69, 9.17) is 44.5 Å². The minimum atomic E-state index is -1.61. The quantitative estimate of drug-likeness (QED) is 0.690. The number of rotatable bonds is 4. The monoisotopic (exact) mass is 390 g/mol. The zero-order chi connectivity index (χ0) is 17.5. The first-order valence-electron chi connectivity index (χ1n) is 8.32. The van der Waals surface area contributed by atoms with Crippen molar-refractivity contribution in [3.05, 3.63) is 22.5 Å². The van der Waals surface area contributed by atoms with Gasteiger partial charge in [-0.15, -0.1) is 0 Å². The standard InChI is InChI=1S/C17H21Cl3N2O2/c1-9(2)13-14(10-6-7-10)21-12-5-3-4-11(12)15(13)22-16(23)24-8-17(18,19)20/h9-10H,3-8H2,1-2H3,(H,21,22,23). The summed E-state index contributed by atoms with van der Waals surface area (Å²) in [6.45, 7) is 3.97. The number of amides is 1. The maximum atomic E-state index is 12.2. The van der Waals surface area contributed by atoms with Gasteiger partial charge in [0, 0.05) is 22.9 Å². The second-order valence-electron chi connectivity index (χ2n) is 6.81. The number of alkyl halides is 3. The predicted octanol–water partition coefficient (Wildman–Crippen LogP) is 5.49. The first-order chi connectivity index (χ1) is 11.3. The molecule has 132 valence electrons. The maximum Gasteiger partial charge on any atom is 0.411 e. The molecule has 1 fully saturated rings. The molecule has 4 nitrogen and oxygen atoms in total. The Morgan fingerprint density at radius 3 is 2.62 bits per heavy atom. The summed E-state index contributed by atoms with van der Waals surface area (Å²) in [4.78, 5) is 17.1. The minimum absolute atomic E-state index is 0.266. The molecule has 1 aromatic rings. The van der Waals surface area contributed by atoms with Crippen LogP contribution in [0, 0.1) is 0 Å². The summed E-state index contributed by atoms with van der Waals surface area (Å²) in [5.41, 5.74) is 5.38. The molecule has 7 heteroatoms. The number of hydrogen-bond donors (Lipinski definition) is 1. The normalized spacial score (nSPS) is 17.1. The second-order valence-corrected chi connectivity index (χ2v) is 9.33. The van der Waals surface area contributed by atoms with Gasteiger partial charge < -0.3 is 4.74 Å². The number of ether oxygens (including phenoxy) is 1. The Bertz CT molecular complexity index is 652. The van der Waals surface area contributed by atoms with Crippen LogP contribution < -0.4 is 5.32 Å². The molecule has 0 bridgehead atoms. The second kappa shape index (κ2) is 6.89. The average Bonchev–Trinajstić information content (AvgIpc) is 3.21. The number of fused-ring (bicyclic) bond motifs is 1. The molecule has 0 aliphatic heterocycles. The maximum absolute atomic E-state index is 12.2. The van der Waals surface area contributed by atoms with Crippen LogP contribution in [0.2, 0.25) is 0 Å². The summed E-state index contributed by atoms with van der Waals surface area (Å²) in [6, 6.07) is 0. The Kier molecular flexibility index (Phi) is 5.19. The minimum Gasteiger partial charge on any atom is -0.445 e. The number of nitrogens with one attached hydrogen (secondary N) is 1. The molecule has 2 aliphatic carbocycles. The van der Waals surface area contributed by atoms with Gasteiger partial charge in [0.05, 0.1) is 5.69 Å². The molecular formula is C17H21Cl3N2O2. The van der Waals surface area contributed by atoms with Crippen LogP contribution in [0.5, 0.6) is 0 Å². The van der Waals surface area contributed by atoms with E-state index in [1.54, 1.807) is 0 Å². The third-order valence-electron chi connectivity index (χ3n) is 4.43. The van der Waals surface area contributed by atoms with Gasteiger partial charge in [-0.1, -0.05) is 48.7 Å². The van der Waals surface area contributed by atoms with E-state index in [2.05, 4.69) is 19.2 Å². The number of carbonyl (C=O) groups excluding carboxylic acids is 1. The van der Waals surface area contributed by atoms with E-state index in [0.717, 1.165) is 47.5 Å². The lowest BCUT2D eigenvalue weighted by atomic mass is 9.93. The number of aromatic nitrogens is 1. The van der Waals surface area contributed by atoms with E-state index in [-0.39, 0.29) is 12.5 Å². The highest BCUT2D eigenvalue weighted by molar-refractivity contribution is 6.67. The molecule has 0 saturated heterocycles. The number of nitrogens with zero attached hydrogens (tertiary/aromatic N) is 1. The van der Waals surface area contributed by atoms with Gasteiger partial charge in [-0.25, -0.2) is 4.79 Å². The fourth-order valence-corrected chi connectivity index (χ4v) is 3.46. The molecule has 0 spiro atoms. The molecule has 1 saturated carbocycles. The summed E-state index contributed by atoms with van der Waals surface area (Å²) in [7, 11) is 0. The van der Waals surface area contributed by atoms with Crippen LogP contribution in [0.15, 0.2) is 0 Å². The van der Waals surface area contributed by atoms with Gasteiger partial charge in [-0.05, 0) is 43.6 Å². The molecule has 0 aromatic carbocycles. The van der Waals surface area contributed by atoms with Gasteiger partial charge >= 0.3 is 6.09 Å². The van der Waals surface area contributed by atoms with Gasteiger partial charge in [-0.3, -0.25) is 10.3 Å². The smallest absolute Gasteiger partial charge is 0.411 e. The molecule has 1 aromatic heterocycles. The molecule has 1 amide bonds. The van der Waals surface area contributed by atoms with Crippen molar-refractivity contribution < 1.29 is 9.53 Å². The van der Waals surface area contributed by atoms with Crippen LogP contribution in [0.1, 0.15) is 67.5 Å². The number of anilines is 1. The van der Waals surface area contributed by atoms with Crippen molar-refractivity contribution in [3.63, 3.8) is 0 Å². The molecule has 0 unspecified atom stereocenters. The zero-order valence-corrected chi connectivity index (χ0v) is 16.1. The lowest BCUT2D eigenvalue weighted by Crippen LogP contribution is -2.23. The molecular weight excluding hydrogens is 371 g/mol. The van der Waals surface area contributed by atoms with Crippen molar-refractivity contribution in [2.45, 2.75) is 61.6 Å². The Balaban J connectivity index is 1.92. The van der Waals surface area contributed by atoms with Crippen LogP contribution in [-0.4, -0.2) is 21.5 Å². The molecule has 3 rings (SSSR count). The first-order valence-corrected chi connectivity index (χ1v) is 9.45. The zero-order valence-electron chi connectivity index (χ0n) is 13.8. The van der Waals surface area contributed by atoms with Crippen LogP contribution in [0.4, 0.5) is 10.5 Å².